The Hall–Kier alpha value is -0.120. The van der Waals surface area contributed by atoms with Crippen LogP contribution in [0.25, 0.3) is 0 Å². The van der Waals surface area contributed by atoms with Crippen molar-refractivity contribution in [1.82, 2.24) is 0 Å². The summed E-state index contributed by atoms with van der Waals surface area (Å²) in [6.45, 7) is 7.51. The van der Waals surface area contributed by atoms with E-state index in [9.17, 15) is 0 Å². The molecule has 2 atom stereocenters. The molecule has 1 N–H and O–H groups in total. The molecule has 3 heteroatoms. The Labute approximate surface area is 74.6 Å². The van der Waals surface area contributed by atoms with Gasteiger partial charge >= 0.3 is 0 Å². The lowest BCUT2D eigenvalue weighted by Gasteiger charge is -2.15. The fourth-order valence-corrected chi connectivity index (χ4v) is 1.68. The second-order valence-corrected chi connectivity index (χ2v) is 3.15. The van der Waals surface area contributed by atoms with Gasteiger partial charge in [0, 0.05) is 13.2 Å². The van der Waals surface area contributed by atoms with Gasteiger partial charge in [0.2, 0.25) is 0 Å². The molecule has 1 aliphatic rings. The highest BCUT2D eigenvalue weighted by Crippen LogP contribution is 2.05. The standard InChI is InChI=1S/C9H19NO2/c1-4-11-8-6-10(3)7-9(8)12-5-2/h8-10H,3-7H2,1-2H3/t8-,9-/m0/s1. The molecular formula is C9H19NO2. The van der Waals surface area contributed by atoms with E-state index in [1.165, 1.54) is 4.90 Å². The average molecular weight is 173 g/mol. The summed E-state index contributed by atoms with van der Waals surface area (Å²) < 4.78 is 11.1. The summed E-state index contributed by atoms with van der Waals surface area (Å²) in [6, 6.07) is 0. The number of ether oxygens (including phenoxy) is 2. The molecule has 0 aromatic carbocycles. The normalized spacial score (nSPS) is 31.2. The van der Waals surface area contributed by atoms with Crippen LogP contribution in [0.5, 0.6) is 0 Å². The van der Waals surface area contributed by atoms with Gasteiger partial charge in [-0.2, -0.15) is 7.05 Å². The molecule has 0 bridgehead atoms. The summed E-state index contributed by atoms with van der Waals surface area (Å²) >= 11 is 0. The van der Waals surface area contributed by atoms with Crippen LogP contribution in [0.15, 0.2) is 0 Å². The fourth-order valence-electron chi connectivity index (χ4n) is 1.68. The van der Waals surface area contributed by atoms with Gasteiger partial charge in [-0.25, -0.2) is 0 Å². The molecule has 3 nitrogen and oxygen atoms in total. The van der Waals surface area contributed by atoms with E-state index in [0.717, 1.165) is 26.3 Å². The zero-order valence-corrected chi connectivity index (χ0v) is 8.01. The van der Waals surface area contributed by atoms with E-state index < -0.39 is 0 Å². The van der Waals surface area contributed by atoms with E-state index >= 15 is 0 Å². The predicted octanol–water partition coefficient (Wildman–Crippen LogP) is -0.513. The number of hydrogen-bond acceptors (Lipinski definition) is 2. The van der Waals surface area contributed by atoms with Gasteiger partial charge in [-0.1, -0.05) is 0 Å². The van der Waals surface area contributed by atoms with Crippen molar-refractivity contribution in [2.45, 2.75) is 26.1 Å². The lowest BCUT2D eigenvalue weighted by Crippen LogP contribution is -3.05. The van der Waals surface area contributed by atoms with Gasteiger partial charge in [0.25, 0.3) is 0 Å². The first kappa shape index (κ1) is 9.96. The third-order valence-electron chi connectivity index (χ3n) is 2.16. The Morgan fingerprint density at radius 2 is 1.58 bits per heavy atom. The fraction of sp³-hybridized carbons (Fsp3) is 0.889. The van der Waals surface area contributed by atoms with Gasteiger partial charge in [-0.05, 0) is 13.8 Å². The number of rotatable bonds is 4. The first-order valence-electron chi connectivity index (χ1n) is 4.67. The maximum atomic E-state index is 5.55. The van der Waals surface area contributed by atoms with Crippen LogP contribution in [0.2, 0.25) is 0 Å². The molecule has 0 aromatic rings. The molecule has 0 spiro atoms. The van der Waals surface area contributed by atoms with Gasteiger partial charge in [-0.3, -0.25) is 0 Å². The summed E-state index contributed by atoms with van der Waals surface area (Å²) in [6.07, 6.45) is 0.505. The predicted molar refractivity (Wildman–Crippen MR) is 46.9 cm³/mol. The SMILES string of the molecule is [CH2-][NH+]1C[C@H](OCC)[C@@H](OCC)C1. The molecule has 0 aromatic heterocycles. The summed E-state index contributed by atoms with van der Waals surface area (Å²) in [5, 5.41) is 0. The summed E-state index contributed by atoms with van der Waals surface area (Å²) in [5.74, 6) is 0. The van der Waals surface area contributed by atoms with Gasteiger partial charge in [0.15, 0.2) is 0 Å². The Balaban J connectivity index is 2.36. The minimum Gasteiger partial charge on any atom is -0.463 e. The van der Waals surface area contributed by atoms with Crippen LogP contribution < -0.4 is 4.90 Å². The van der Waals surface area contributed by atoms with E-state index in [0.29, 0.717) is 0 Å². The summed E-state index contributed by atoms with van der Waals surface area (Å²) in [4.78, 5) is 1.26. The molecule has 72 valence electrons. The Morgan fingerprint density at radius 1 is 1.17 bits per heavy atom. The molecule has 1 saturated heterocycles. The zero-order chi connectivity index (χ0) is 8.97. The maximum absolute atomic E-state index is 5.55. The van der Waals surface area contributed by atoms with Crippen LogP contribution in [0.4, 0.5) is 0 Å². The second-order valence-electron chi connectivity index (χ2n) is 3.15. The van der Waals surface area contributed by atoms with Crippen molar-refractivity contribution in [3.8, 4) is 0 Å². The van der Waals surface area contributed by atoms with E-state index in [4.69, 9.17) is 9.47 Å². The molecule has 12 heavy (non-hydrogen) atoms. The molecular weight excluding hydrogens is 154 g/mol. The van der Waals surface area contributed by atoms with Crippen molar-refractivity contribution in [2.24, 2.45) is 0 Å². The first-order valence-corrected chi connectivity index (χ1v) is 4.67. The van der Waals surface area contributed by atoms with Gasteiger partial charge in [0.1, 0.15) is 12.2 Å². The minimum atomic E-state index is 0.252. The van der Waals surface area contributed by atoms with Crippen LogP contribution >= 0.6 is 0 Å². The van der Waals surface area contributed by atoms with Crippen LogP contribution in [0.3, 0.4) is 0 Å². The molecule has 1 aliphatic heterocycles. The Morgan fingerprint density at radius 3 is 1.92 bits per heavy atom. The molecule has 1 fully saturated rings. The highest BCUT2D eigenvalue weighted by molar-refractivity contribution is 4.74. The zero-order valence-electron chi connectivity index (χ0n) is 8.01. The highest BCUT2D eigenvalue weighted by Gasteiger charge is 2.32. The van der Waals surface area contributed by atoms with E-state index in [1.807, 2.05) is 13.8 Å². The van der Waals surface area contributed by atoms with Crippen molar-refractivity contribution in [3.05, 3.63) is 7.05 Å². The first-order chi connectivity index (χ1) is 5.77. The van der Waals surface area contributed by atoms with Gasteiger partial charge in [0.05, 0.1) is 13.1 Å². The van der Waals surface area contributed by atoms with Gasteiger partial charge < -0.3 is 14.4 Å². The van der Waals surface area contributed by atoms with Crippen LogP contribution in [-0.2, 0) is 9.47 Å². The summed E-state index contributed by atoms with van der Waals surface area (Å²) in [7, 11) is 3.96. The maximum Gasteiger partial charge on any atom is 0.136 e. The number of nitrogens with one attached hydrogen (secondary N) is 1. The van der Waals surface area contributed by atoms with Crippen molar-refractivity contribution in [2.75, 3.05) is 26.3 Å². The average Bonchev–Trinajstić information content (AvgIpc) is 2.33. The monoisotopic (exact) mass is 173 g/mol. The molecule has 1 heterocycles. The molecule has 0 unspecified atom stereocenters. The summed E-state index contributed by atoms with van der Waals surface area (Å²) in [5.41, 5.74) is 0. The number of hydrogen-bond donors (Lipinski definition) is 1. The Kier molecular flexibility index (Phi) is 3.98. The Bertz CT molecular complexity index is 116. The lowest BCUT2D eigenvalue weighted by atomic mass is 10.2. The highest BCUT2D eigenvalue weighted by atomic mass is 16.5. The van der Waals surface area contributed by atoms with Crippen molar-refractivity contribution < 1.29 is 14.4 Å². The molecule has 1 rings (SSSR count). The smallest absolute Gasteiger partial charge is 0.136 e. The van der Waals surface area contributed by atoms with Crippen molar-refractivity contribution in [1.29, 1.82) is 0 Å². The van der Waals surface area contributed by atoms with Gasteiger partial charge in [-0.15, -0.1) is 0 Å². The third-order valence-corrected chi connectivity index (χ3v) is 2.16. The van der Waals surface area contributed by atoms with E-state index in [-0.39, 0.29) is 12.2 Å². The molecule has 0 amide bonds. The van der Waals surface area contributed by atoms with E-state index in [1.54, 1.807) is 0 Å². The van der Waals surface area contributed by atoms with Crippen molar-refractivity contribution >= 4 is 0 Å². The minimum absolute atomic E-state index is 0.252. The van der Waals surface area contributed by atoms with Crippen LogP contribution in [-0.4, -0.2) is 38.5 Å². The third kappa shape index (κ3) is 2.44. The molecule has 0 radical (unpaired) electrons. The number of quaternary nitrogens is 1. The largest absolute Gasteiger partial charge is 0.463 e. The van der Waals surface area contributed by atoms with Crippen molar-refractivity contribution in [3.63, 3.8) is 0 Å². The van der Waals surface area contributed by atoms with E-state index in [2.05, 4.69) is 7.05 Å². The van der Waals surface area contributed by atoms with Crippen LogP contribution in [0.1, 0.15) is 13.8 Å². The number of likely N-dealkylation sites (tertiary alicyclic amines) is 1. The molecule has 0 aliphatic carbocycles. The topological polar surface area (TPSA) is 22.9 Å². The van der Waals surface area contributed by atoms with Crippen LogP contribution in [0, 0.1) is 7.05 Å². The quantitative estimate of drug-likeness (QED) is 0.578. The second kappa shape index (κ2) is 4.80. The molecule has 0 saturated carbocycles. The lowest BCUT2D eigenvalue weighted by molar-refractivity contribution is -0.842.